The van der Waals surface area contributed by atoms with Crippen molar-refractivity contribution in [3.63, 3.8) is 0 Å². The molecule has 0 saturated heterocycles. The summed E-state index contributed by atoms with van der Waals surface area (Å²) in [6.45, 7) is 8.41. The lowest BCUT2D eigenvalue weighted by Crippen LogP contribution is -2.35. The van der Waals surface area contributed by atoms with Crippen molar-refractivity contribution in [2.45, 2.75) is 40.0 Å². The Morgan fingerprint density at radius 1 is 0.553 bits per heavy atom. The average Bonchev–Trinajstić information content (AvgIpc) is 3.54. The Morgan fingerprint density at radius 3 is 1.42 bits per heavy atom. The predicted molar refractivity (Wildman–Crippen MR) is 152 cm³/mol. The summed E-state index contributed by atoms with van der Waals surface area (Å²) in [5.74, 6) is 0. The van der Waals surface area contributed by atoms with E-state index in [0.717, 1.165) is 44.6 Å². The summed E-state index contributed by atoms with van der Waals surface area (Å²) >= 11 is 0. The molecule has 0 aliphatic heterocycles. The zero-order valence-electron chi connectivity index (χ0n) is 21.9. The van der Waals surface area contributed by atoms with Crippen molar-refractivity contribution in [1.82, 2.24) is 30.0 Å². The Balaban J connectivity index is 1.58. The minimum atomic E-state index is -0.409. The van der Waals surface area contributed by atoms with Crippen molar-refractivity contribution in [1.29, 1.82) is 0 Å². The molecule has 2 N–H and O–H groups in total. The van der Waals surface area contributed by atoms with Gasteiger partial charge in [0.1, 0.15) is 11.0 Å². The first-order valence-corrected chi connectivity index (χ1v) is 12.8. The standard InChI is InChI=1S/C30H30N8/c1-19-13-15-21(3)25(17-19)31-29(37-27-11-7-5-9-23(27)33-35-37)30(32-26-18-20(2)14-16-22(26)4)38-28-12-8-6-10-24(28)34-36-38/h5-18,29-32H,1-4H3/t29-,30+. The number of hydrogen-bond acceptors (Lipinski definition) is 6. The van der Waals surface area contributed by atoms with Gasteiger partial charge in [-0.2, -0.15) is 0 Å². The number of fused-ring (bicyclic) bond motifs is 2. The summed E-state index contributed by atoms with van der Waals surface area (Å²) in [7, 11) is 0. The van der Waals surface area contributed by atoms with E-state index in [-0.39, 0.29) is 0 Å². The smallest absolute Gasteiger partial charge is 0.164 e. The minimum Gasteiger partial charge on any atom is -0.360 e. The second kappa shape index (κ2) is 9.63. The molecule has 0 saturated carbocycles. The van der Waals surface area contributed by atoms with Crippen LogP contribution in [0.25, 0.3) is 22.1 Å². The quantitative estimate of drug-likeness (QED) is 0.265. The lowest BCUT2D eigenvalue weighted by Gasteiger charge is -2.32. The van der Waals surface area contributed by atoms with E-state index in [9.17, 15) is 0 Å². The van der Waals surface area contributed by atoms with E-state index in [1.165, 1.54) is 11.1 Å². The Bertz CT molecular complexity index is 1620. The molecule has 0 radical (unpaired) electrons. The Labute approximate surface area is 221 Å². The maximum atomic E-state index is 4.64. The van der Waals surface area contributed by atoms with E-state index in [4.69, 9.17) is 0 Å². The van der Waals surface area contributed by atoms with Gasteiger partial charge in [-0.15, -0.1) is 10.2 Å². The average molecular weight is 503 g/mol. The number of benzene rings is 4. The van der Waals surface area contributed by atoms with E-state index in [1.807, 2.05) is 57.9 Å². The van der Waals surface area contributed by atoms with Crippen LogP contribution in [0.2, 0.25) is 0 Å². The molecular weight excluding hydrogens is 472 g/mol. The second-order valence-corrected chi connectivity index (χ2v) is 9.86. The molecule has 6 aromatic rings. The monoisotopic (exact) mass is 502 g/mol. The number of nitrogens with zero attached hydrogens (tertiary/aromatic N) is 6. The fourth-order valence-corrected chi connectivity index (χ4v) is 4.83. The summed E-state index contributed by atoms with van der Waals surface area (Å²) in [6, 6.07) is 28.8. The topological polar surface area (TPSA) is 85.5 Å². The predicted octanol–water partition coefficient (Wildman–Crippen LogP) is 6.33. The maximum Gasteiger partial charge on any atom is 0.164 e. The first-order chi connectivity index (χ1) is 18.5. The molecule has 0 unspecified atom stereocenters. The zero-order chi connectivity index (χ0) is 26.2. The van der Waals surface area contributed by atoms with Crippen molar-refractivity contribution in [3.05, 3.63) is 107 Å². The molecule has 0 fully saturated rings. The van der Waals surface area contributed by atoms with Gasteiger partial charge in [0, 0.05) is 11.4 Å². The van der Waals surface area contributed by atoms with E-state index in [1.54, 1.807) is 0 Å². The van der Waals surface area contributed by atoms with Crippen LogP contribution in [0.4, 0.5) is 11.4 Å². The van der Waals surface area contributed by atoms with Crippen LogP contribution in [0.5, 0.6) is 0 Å². The molecule has 38 heavy (non-hydrogen) atoms. The minimum absolute atomic E-state index is 0.409. The van der Waals surface area contributed by atoms with Crippen molar-refractivity contribution in [3.8, 4) is 0 Å². The normalized spacial score (nSPS) is 13.1. The molecular formula is C30H30N8. The van der Waals surface area contributed by atoms with Crippen molar-refractivity contribution < 1.29 is 0 Å². The summed E-state index contributed by atoms with van der Waals surface area (Å²) in [4.78, 5) is 0. The summed E-state index contributed by atoms with van der Waals surface area (Å²) in [5.41, 5.74) is 10.2. The lowest BCUT2D eigenvalue weighted by atomic mass is 10.1. The number of nitrogens with one attached hydrogen (secondary N) is 2. The van der Waals surface area contributed by atoms with Crippen LogP contribution in [0.15, 0.2) is 84.9 Å². The number of anilines is 2. The highest BCUT2D eigenvalue weighted by Gasteiger charge is 2.31. The molecule has 6 rings (SSSR count). The SMILES string of the molecule is Cc1ccc(C)c(N[C@H]([C@H](Nc2cc(C)ccc2C)n2nnc3ccccc32)n2nnc3ccccc32)c1. The van der Waals surface area contributed by atoms with Gasteiger partial charge in [0.05, 0.1) is 11.0 Å². The molecule has 0 bridgehead atoms. The van der Waals surface area contributed by atoms with Crippen LogP contribution in [0.3, 0.4) is 0 Å². The molecule has 8 heteroatoms. The first kappa shape index (κ1) is 23.7. The molecule has 2 heterocycles. The number of hydrogen-bond donors (Lipinski definition) is 2. The second-order valence-electron chi connectivity index (χ2n) is 9.86. The fraction of sp³-hybridized carbons (Fsp3) is 0.200. The maximum absolute atomic E-state index is 4.64. The number of aromatic nitrogens is 6. The van der Waals surface area contributed by atoms with Gasteiger partial charge in [0.15, 0.2) is 12.3 Å². The van der Waals surface area contributed by atoms with Gasteiger partial charge in [-0.25, -0.2) is 9.36 Å². The van der Waals surface area contributed by atoms with Crippen molar-refractivity contribution in [2.75, 3.05) is 10.6 Å². The number of para-hydroxylation sites is 2. The van der Waals surface area contributed by atoms with Crippen LogP contribution >= 0.6 is 0 Å². The molecule has 4 aromatic carbocycles. The number of aryl methyl sites for hydroxylation is 4. The molecule has 0 aliphatic rings. The molecule has 2 aromatic heterocycles. The van der Waals surface area contributed by atoms with Crippen LogP contribution in [0, 0.1) is 27.7 Å². The fourth-order valence-electron chi connectivity index (χ4n) is 4.83. The van der Waals surface area contributed by atoms with E-state index in [0.29, 0.717) is 0 Å². The summed E-state index contributed by atoms with van der Waals surface area (Å²) in [6.07, 6.45) is -0.819. The zero-order valence-corrected chi connectivity index (χ0v) is 21.9. The molecule has 8 nitrogen and oxygen atoms in total. The third-order valence-electron chi connectivity index (χ3n) is 6.97. The molecule has 0 aliphatic carbocycles. The van der Waals surface area contributed by atoms with Crippen molar-refractivity contribution in [2.24, 2.45) is 0 Å². The van der Waals surface area contributed by atoms with Crippen LogP contribution < -0.4 is 10.6 Å². The third kappa shape index (κ3) is 4.34. The summed E-state index contributed by atoms with van der Waals surface area (Å²) < 4.78 is 3.88. The molecule has 0 amide bonds. The Morgan fingerprint density at radius 2 is 0.974 bits per heavy atom. The Hall–Kier alpha value is -4.72. The largest absolute Gasteiger partial charge is 0.360 e. The van der Waals surface area contributed by atoms with Crippen LogP contribution in [-0.4, -0.2) is 30.0 Å². The molecule has 190 valence electrons. The van der Waals surface area contributed by atoms with Gasteiger partial charge in [-0.3, -0.25) is 0 Å². The van der Waals surface area contributed by atoms with Crippen molar-refractivity contribution >= 4 is 33.4 Å². The highest BCUT2D eigenvalue weighted by Crippen LogP contribution is 2.33. The van der Waals surface area contributed by atoms with Gasteiger partial charge in [0.25, 0.3) is 0 Å². The third-order valence-corrected chi connectivity index (χ3v) is 6.97. The van der Waals surface area contributed by atoms with E-state index in [2.05, 4.69) is 95.4 Å². The number of rotatable bonds is 7. The van der Waals surface area contributed by atoms with E-state index < -0.39 is 12.3 Å². The molecule has 0 spiro atoms. The van der Waals surface area contributed by atoms with Gasteiger partial charge in [-0.05, 0) is 86.3 Å². The van der Waals surface area contributed by atoms with E-state index >= 15 is 0 Å². The van der Waals surface area contributed by atoms with Crippen LogP contribution in [-0.2, 0) is 0 Å². The van der Waals surface area contributed by atoms with Gasteiger partial charge >= 0.3 is 0 Å². The lowest BCUT2D eigenvalue weighted by molar-refractivity contribution is 0.346. The highest BCUT2D eigenvalue weighted by molar-refractivity contribution is 5.75. The van der Waals surface area contributed by atoms with Crippen LogP contribution in [0.1, 0.15) is 34.6 Å². The highest BCUT2D eigenvalue weighted by atomic mass is 15.5. The van der Waals surface area contributed by atoms with Gasteiger partial charge in [-0.1, -0.05) is 59.0 Å². The van der Waals surface area contributed by atoms with Gasteiger partial charge in [0.2, 0.25) is 0 Å². The molecule has 2 atom stereocenters. The first-order valence-electron chi connectivity index (χ1n) is 12.8. The summed E-state index contributed by atoms with van der Waals surface area (Å²) in [5, 5.41) is 25.8. The van der Waals surface area contributed by atoms with Gasteiger partial charge < -0.3 is 10.6 Å². The Kier molecular flexibility index (Phi) is 5.99.